The molecule has 156 valence electrons. The van der Waals surface area contributed by atoms with Gasteiger partial charge in [-0.15, -0.1) is 9.24 Å². The number of nitrogens with one attached hydrogen (secondary N) is 2. The summed E-state index contributed by atoms with van der Waals surface area (Å²) in [5, 5.41) is 5.80. The molecule has 1 heterocycles. The predicted molar refractivity (Wildman–Crippen MR) is 120 cm³/mol. The Labute approximate surface area is 178 Å². The van der Waals surface area contributed by atoms with Crippen molar-refractivity contribution in [1.29, 1.82) is 0 Å². The lowest BCUT2D eigenvalue weighted by Gasteiger charge is -2.37. The van der Waals surface area contributed by atoms with Crippen LogP contribution in [-0.2, 0) is 14.4 Å². The molecule has 3 atom stereocenters. The summed E-state index contributed by atoms with van der Waals surface area (Å²) in [5.74, 6) is -1.22. The van der Waals surface area contributed by atoms with E-state index in [0.717, 1.165) is 31.2 Å². The standard InChI is InChI=1S/C23H26N3O3P/c27-21(24-16-11-5-2-6-12-16)19-22(28)25-17-13-7-8-14-18(17)26(19)23(29)20(30)15-9-3-1-4-10-15/h1,3-4,7-10,13-14,16,19-20H,2,5-6,11-12,30H2,(H,24,27)(H,25,28). The van der Waals surface area contributed by atoms with E-state index in [-0.39, 0.29) is 11.9 Å². The van der Waals surface area contributed by atoms with E-state index in [9.17, 15) is 14.4 Å². The third-order valence-electron chi connectivity index (χ3n) is 5.79. The fraction of sp³-hybridized carbons (Fsp3) is 0.348. The molecule has 6 nitrogen and oxygen atoms in total. The molecule has 0 radical (unpaired) electrons. The van der Waals surface area contributed by atoms with Crippen molar-refractivity contribution >= 4 is 38.3 Å². The van der Waals surface area contributed by atoms with Crippen LogP contribution in [0.25, 0.3) is 0 Å². The van der Waals surface area contributed by atoms with Crippen LogP contribution >= 0.6 is 9.24 Å². The Morgan fingerprint density at radius 3 is 2.40 bits per heavy atom. The van der Waals surface area contributed by atoms with Crippen LogP contribution in [0, 0.1) is 0 Å². The molecule has 1 saturated carbocycles. The molecule has 3 unspecified atom stereocenters. The highest BCUT2D eigenvalue weighted by molar-refractivity contribution is 7.19. The van der Waals surface area contributed by atoms with Gasteiger partial charge in [0.2, 0.25) is 5.91 Å². The number of carbonyl (C=O) groups is 3. The van der Waals surface area contributed by atoms with Gasteiger partial charge in [-0.05, 0) is 30.5 Å². The van der Waals surface area contributed by atoms with E-state index in [0.29, 0.717) is 11.4 Å². The second-order valence-electron chi connectivity index (χ2n) is 7.85. The van der Waals surface area contributed by atoms with Gasteiger partial charge < -0.3 is 10.6 Å². The zero-order valence-corrected chi connectivity index (χ0v) is 17.9. The molecule has 0 saturated heterocycles. The van der Waals surface area contributed by atoms with Crippen molar-refractivity contribution in [3.8, 4) is 0 Å². The Morgan fingerprint density at radius 2 is 1.67 bits per heavy atom. The minimum atomic E-state index is -1.24. The average molecular weight is 423 g/mol. The van der Waals surface area contributed by atoms with Crippen molar-refractivity contribution < 1.29 is 14.4 Å². The molecule has 0 aromatic heterocycles. The third-order valence-corrected chi connectivity index (χ3v) is 6.46. The molecule has 2 aromatic rings. The molecular formula is C23H26N3O3P. The van der Waals surface area contributed by atoms with Crippen molar-refractivity contribution in [2.24, 2.45) is 0 Å². The third kappa shape index (κ3) is 4.10. The SMILES string of the molecule is O=C1Nc2ccccc2N(C(=O)C(P)c2ccccc2)C1C(=O)NC1CCCCC1. The zero-order chi connectivity index (χ0) is 21.1. The lowest BCUT2D eigenvalue weighted by molar-refractivity contribution is -0.132. The maximum absolute atomic E-state index is 13.6. The topological polar surface area (TPSA) is 78.5 Å². The summed E-state index contributed by atoms with van der Waals surface area (Å²) in [7, 11) is 2.55. The number of amides is 3. The second-order valence-corrected chi connectivity index (χ2v) is 8.52. The smallest absolute Gasteiger partial charge is 0.257 e. The monoisotopic (exact) mass is 423 g/mol. The lowest BCUT2D eigenvalue weighted by Crippen LogP contribution is -2.60. The molecule has 7 heteroatoms. The molecule has 1 fully saturated rings. The summed E-state index contributed by atoms with van der Waals surface area (Å²) in [6.45, 7) is 0. The minimum Gasteiger partial charge on any atom is -0.351 e. The van der Waals surface area contributed by atoms with Crippen LogP contribution in [0.4, 0.5) is 11.4 Å². The number of fused-ring (bicyclic) bond motifs is 1. The van der Waals surface area contributed by atoms with E-state index >= 15 is 0 Å². The molecule has 0 spiro atoms. The van der Waals surface area contributed by atoms with Gasteiger partial charge in [0.25, 0.3) is 11.8 Å². The average Bonchev–Trinajstić information content (AvgIpc) is 2.78. The molecule has 2 N–H and O–H groups in total. The summed E-state index contributed by atoms with van der Waals surface area (Å²) < 4.78 is 0. The Bertz CT molecular complexity index is 944. The van der Waals surface area contributed by atoms with Crippen molar-refractivity contribution in [2.75, 3.05) is 10.2 Å². The highest BCUT2D eigenvalue weighted by Gasteiger charge is 2.43. The Kier molecular flexibility index (Phi) is 6.14. The number of anilines is 2. The van der Waals surface area contributed by atoms with Crippen LogP contribution < -0.4 is 15.5 Å². The lowest BCUT2D eigenvalue weighted by atomic mass is 9.95. The van der Waals surface area contributed by atoms with E-state index in [2.05, 4.69) is 19.9 Å². The van der Waals surface area contributed by atoms with E-state index in [1.807, 2.05) is 30.3 Å². The molecule has 1 aliphatic carbocycles. The van der Waals surface area contributed by atoms with Gasteiger partial charge in [-0.3, -0.25) is 19.3 Å². The normalized spacial score (nSPS) is 20.1. The Morgan fingerprint density at radius 1 is 1.00 bits per heavy atom. The summed E-state index contributed by atoms with van der Waals surface area (Å²) in [4.78, 5) is 41.0. The quantitative estimate of drug-likeness (QED) is 0.584. The Hall–Kier alpha value is -2.72. The maximum atomic E-state index is 13.6. The molecule has 3 amide bonds. The summed E-state index contributed by atoms with van der Waals surface area (Å²) in [5.41, 5.74) is 1.30. The van der Waals surface area contributed by atoms with Crippen LogP contribution in [0.1, 0.15) is 43.3 Å². The van der Waals surface area contributed by atoms with Crippen molar-refractivity contribution in [1.82, 2.24) is 5.32 Å². The number of hydrogen-bond donors (Lipinski definition) is 2. The van der Waals surface area contributed by atoms with Gasteiger partial charge in [0.15, 0.2) is 6.04 Å². The van der Waals surface area contributed by atoms with Gasteiger partial charge in [-0.2, -0.15) is 0 Å². The van der Waals surface area contributed by atoms with Gasteiger partial charge in [0.1, 0.15) is 0 Å². The number of benzene rings is 2. The molecule has 4 rings (SSSR count). The fourth-order valence-electron chi connectivity index (χ4n) is 4.21. The fourth-order valence-corrected chi connectivity index (χ4v) is 4.59. The van der Waals surface area contributed by atoms with Crippen LogP contribution in [0.15, 0.2) is 54.6 Å². The molecule has 2 aromatic carbocycles. The van der Waals surface area contributed by atoms with E-state index in [1.54, 1.807) is 24.3 Å². The number of hydrogen-bond acceptors (Lipinski definition) is 3. The van der Waals surface area contributed by atoms with Crippen molar-refractivity contribution in [3.63, 3.8) is 0 Å². The highest BCUT2D eigenvalue weighted by atomic mass is 31.0. The molecule has 30 heavy (non-hydrogen) atoms. The van der Waals surface area contributed by atoms with Crippen LogP contribution in [0.3, 0.4) is 0 Å². The second kappa shape index (κ2) is 8.97. The highest BCUT2D eigenvalue weighted by Crippen LogP contribution is 2.36. The minimum absolute atomic E-state index is 0.0501. The number of nitrogens with zero attached hydrogens (tertiary/aromatic N) is 1. The van der Waals surface area contributed by atoms with Gasteiger partial charge in [-0.25, -0.2) is 0 Å². The van der Waals surface area contributed by atoms with E-state index in [1.165, 1.54) is 11.3 Å². The summed E-state index contributed by atoms with van der Waals surface area (Å²) in [6.07, 6.45) is 5.10. The van der Waals surface area contributed by atoms with Gasteiger partial charge in [-0.1, -0.05) is 61.7 Å². The van der Waals surface area contributed by atoms with Crippen LogP contribution in [0.2, 0.25) is 0 Å². The van der Waals surface area contributed by atoms with Gasteiger partial charge in [0.05, 0.1) is 17.0 Å². The molecular weight excluding hydrogens is 397 g/mol. The molecule has 0 bridgehead atoms. The Balaban J connectivity index is 1.67. The van der Waals surface area contributed by atoms with E-state index in [4.69, 9.17) is 0 Å². The largest absolute Gasteiger partial charge is 0.351 e. The van der Waals surface area contributed by atoms with Crippen LogP contribution in [-0.4, -0.2) is 29.8 Å². The van der Waals surface area contributed by atoms with Gasteiger partial charge in [0, 0.05) is 6.04 Å². The van der Waals surface area contributed by atoms with Crippen molar-refractivity contribution in [2.45, 2.75) is 49.8 Å². The first-order chi connectivity index (χ1) is 14.6. The van der Waals surface area contributed by atoms with E-state index < -0.39 is 23.5 Å². The van der Waals surface area contributed by atoms with Crippen LogP contribution in [0.5, 0.6) is 0 Å². The molecule has 2 aliphatic rings. The maximum Gasteiger partial charge on any atom is 0.257 e. The zero-order valence-electron chi connectivity index (χ0n) is 16.7. The summed E-state index contributed by atoms with van der Waals surface area (Å²) in [6, 6.07) is 15.2. The number of rotatable bonds is 4. The van der Waals surface area contributed by atoms with Crippen molar-refractivity contribution in [3.05, 3.63) is 60.2 Å². The van der Waals surface area contributed by atoms with Gasteiger partial charge >= 0.3 is 0 Å². The number of carbonyl (C=O) groups excluding carboxylic acids is 3. The first kappa shape index (κ1) is 20.5. The summed E-state index contributed by atoms with van der Waals surface area (Å²) >= 11 is 0. The predicted octanol–water partition coefficient (Wildman–Crippen LogP) is 3.41. The first-order valence-electron chi connectivity index (χ1n) is 10.4. The first-order valence-corrected chi connectivity index (χ1v) is 11.1. The molecule has 1 aliphatic heterocycles. The number of para-hydroxylation sites is 2.